The van der Waals surface area contributed by atoms with Crippen LogP contribution in [0.15, 0.2) is 16.6 Å². The molecule has 1 atom stereocenters. The molecule has 1 aromatic carbocycles. The third kappa shape index (κ3) is 1.11. The first-order chi connectivity index (χ1) is 5.74. The van der Waals surface area contributed by atoms with E-state index in [1.165, 1.54) is 15.6 Å². The van der Waals surface area contributed by atoms with E-state index in [4.69, 9.17) is 4.74 Å². The predicted molar refractivity (Wildman–Crippen MR) is 56.1 cm³/mol. The molecule has 0 spiro atoms. The van der Waals surface area contributed by atoms with Gasteiger partial charge in [0.25, 0.3) is 0 Å². The van der Waals surface area contributed by atoms with Gasteiger partial charge in [0.15, 0.2) is 0 Å². The van der Waals surface area contributed by atoms with Crippen LogP contribution >= 0.6 is 31.9 Å². The quantitative estimate of drug-likeness (QED) is 0.720. The normalized spacial score (nSPS) is 19.8. The van der Waals surface area contributed by atoms with E-state index in [1.807, 2.05) is 12.1 Å². The maximum absolute atomic E-state index is 5.25. The Labute approximate surface area is 88.4 Å². The summed E-state index contributed by atoms with van der Waals surface area (Å²) in [5.74, 6) is 0.987. The zero-order valence-corrected chi connectivity index (χ0v) is 9.78. The zero-order chi connectivity index (χ0) is 8.72. The molecule has 0 aliphatic heterocycles. The summed E-state index contributed by atoms with van der Waals surface area (Å²) in [5, 5.41) is 0. The molecule has 1 unspecified atom stereocenters. The Morgan fingerprint density at radius 3 is 2.83 bits per heavy atom. The monoisotopic (exact) mass is 290 g/mol. The molecule has 0 saturated carbocycles. The third-order valence-electron chi connectivity index (χ3n) is 2.18. The minimum Gasteiger partial charge on any atom is -0.496 e. The first kappa shape index (κ1) is 8.57. The average Bonchev–Trinajstić information content (AvgIpc) is 2.06. The smallest absolute Gasteiger partial charge is 0.123 e. The fourth-order valence-electron chi connectivity index (χ4n) is 1.50. The summed E-state index contributed by atoms with van der Waals surface area (Å²) in [6.07, 6.45) is 1.09. The van der Waals surface area contributed by atoms with E-state index in [2.05, 4.69) is 31.9 Å². The first-order valence-electron chi connectivity index (χ1n) is 3.73. The molecule has 0 heterocycles. The number of hydrogen-bond acceptors (Lipinski definition) is 1. The molecule has 1 aliphatic rings. The zero-order valence-electron chi connectivity index (χ0n) is 6.60. The van der Waals surface area contributed by atoms with Crippen LogP contribution < -0.4 is 4.74 Å². The lowest BCUT2D eigenvalue weighted by atomic mass is 9.88. The largest absolute Gasteiger partial charge is 0.496 e. The van der Waals surface area contributed by atoms with Crippen LogP contribution in [0.5, 0.6) is 5.75 Å². The second-order valence-corrected chi connectivity index (χ2v) is 4.77. The fraction of sp³-hybridized carbons (Fsp3) is 0.333. The van der Waals surface area contributed by atoms with Crippen LogP contribution in [0.25, 0.3) is 0 Å². The number of alkyl halides is 1. The van der Waals surface area contributed by atoms with Crippen molar-refractivity contribution in [3.63, 3.8) is 0 Å². The van der Waals surface area contributed by atoms with E-state index < -0.39 is 0 Å². The fourth-order valence-corrected chi connectivity index (χ4v) is 2.83. The number of fused-ring (bicyclic) bond motifs is 1. The molecular weight excluding hydrogens is 284 g/mol. The van der Waals surface area contributed by atoms with Gasteiger partial charge in [-0.25, -0.2) is 0 Å². The van der Waals surface area contributed by atoms with Gasteiger partial charge in [-0.1, -0.05) is 31.9 Å². The molecule has 12 heavy (non-hydrogen) atoms. The minimum absolute atomic E-state index is 0.472. The lowest BCUT2D eigenvalue weighted by molar-refractivity contribution is 0.405. The Bertz CT molecular complexity index is 323. The lowest BCUT2D eigenvalue weighted by Crippen LogP contribution is -2.13. The van der Waals surface area contributed by atoms with Gasteiger partial charge in [-0.05, 0) is 24.1 Å². The molecule has 64 valence electrons. The van der Waals surface area contributed by atoms with Crippen LogP contribution in [0.1, 0.15) is 16.0 Å². The second-order valence-electron chi connectivity index (χ2n) is 2.81. The summed E-state index contributed by atoms with van der Waals surface area (Å²) < 4.78 is 6.44. The second kappa shape index (κ2) is 3.04. The summed E-state index contributed by atoms with van der Waals surface area (Å²) in [4.78, 5) is 0.472. The summed E-state index contributed by atoms with van der Waals surface area (Å²) in [7, 11) is 1.71. The molecular formula is C9H8Br2O. The third-order valence-corrected chi connectivity index (χ3v) is 3.70. The number of halogens is 2. The van der Waals surface area contributed by atoms with Crippen LogP contribution in [0.4, 0.5) is 0 Å². The Morgan fingerprint density at radius 2 is 2.25 bits per heavy atom. The summed E-state index contributed by atoms with van der Waals surface area (Å²) in [5.41, 5.74) is 2.67. The van der Waals surface area contributed by atoms with Crippen molar-refractivity contribution in [1.82, 2.24) is 0 Å². The van der Waals surface area contributed by atoms with E-state index in [9.17, 15) is 0 Å². The molecule has 0 saturated heterocycles. The number of benzene rings is 1. The van der Waals surface area contributed by atoms with Crippen molar-refractivity contribution < 1.29 is 4.74 Å². The van der Waals surface area contributed by atoms with Gasteiger partial charge < -0.3 is 4.74 Å². The van der Waals surface area contributed by atoms with Crippen molar-refractivity contribution in [2.24, 2.45) is 0 Å². The summed E-state index contributed by atoms with van der Waals surface area (Å²) in [6.45, 7) is 0. The lowest BCUT2D eigenvalue weighted by Gasteiger charge is -2.28. The predicted octanol–water partition coefficient (Wildman–Crippen LogP) is 3.45. The van der Waals surface area contributed by atoms with Gasteiger partial charge in [0.2, 0.25) is 0 Å². The highest BCUT2D eigenvalue weighted by Gasteiger charge is 2.29. The average molecular weight is 292 g/mol. The maximum atomic E-state index is 5.25. The highest BCUT2D eigenvalue weighted by atomic mass is 79.9. The van der Waals surface area contributed by atoms with Crippen LogP contribution in [0.3, 0.4) is 0 Å². The van der Waals surface area contributed by atoms with Crippen molar-refractivity contribution >= 4 is 31.9 Å². The van der Waals surface area contributed by atoms with Gasteiger partial charge in [-0.15, -0.1) is 0 Å². The van der Waals surface area contributed by atoms with Crippen molar-refractivity contribution in [1.29, 1.82) is 0 Å². The van der Waals surface area contributed by atoms with E-state index >= 15 is 0 Å². The van der Waals surface area contributed by atoms with Gasteiger partial charge in [0.05, 0.1) is 7.11 Å². The minimum atomic E-state index is 0.472. The highest BCUT2D eigenvalue weighted by molar-refractivity contribution is 9.10. The van der Waals surface area contributed by atoms with Crippen molar-refractivity contribution in [3.05, 3.63) is 27.7 Å². The highest BCUT2D eigenvalue weighted by Crippen LogP contribution is 2.48. The molecule has 0 radical (unpaired) electrons. The first-order valence-corrected chi connectivity index (χ1v) is 5.44. The van der Waals surface area contributed by atoms with Crippen molar-refractivity contribution in [3.8, 4) is 5.75 Å². The van der Waals surface area contributed by atoms with Gasteiger partial charge >= 0.3 is 0 Å². The molecule has 0 bridgehead atoms. The van der Waals surface area contributed by atoms with Crippen LogP contribution in [0, 0.1) is 0 Å². The van der Waals surface area contributed by atoms with E-state index in [1.54, 1.807) is 7.11 Å². The van der Waals surface area contributed by atoms with Crippen molar-refractivity contribution in [2.45, 2.75) is 11.2 Å². The summed E-state index contributed by atoms with van der Waals surface area (Å²) >= 11 is 7.10. The van der Waals surface area contributed by atoms with Gasteiger partial charge in [0, 0.05) is 14.9 Å². The molecule has 1 aromatic rings. The molecule has 1 nitrogen and oxygen atoms in total. The van der Waals surface area contributed by atoms with E-state index in [0.29, 0.717) is 4.83 Å². The number of rotatable bonds is 1. The summed E-state index contributed by atoms with van der Waals surface area (Å²) in [6, 6.07) is 4.03. The van der Waals surface area contributed by atoms with Crippen molar-refractivity contribution in [2.75, 3.05) is 7.11 Å². The number of methoxy groups -OCH3 is 1. The Kier molecular flexibility index (Phi) is 2.17. The molecule has 0 N–H and O–H groups in total. The SMILES string of the molecule is COc1ccc(Br)c2c1C(Br)C2. The molecule has 3 heteroatoms. The van der Waals surface area contributed by atoms with Gasteiger partial charge in [-0.2, -0.15) is 0 Å². The molecule has 0 aromatic heterocycles. The molecule has 1 aliphatic carbocycles. The van der Waals surface area contributed by atoms with Crippen LogP contribution in [-0.2, 0) is 6.42 Å². The maximum Gasteiger partial charge on any atom is 0.123 e. The van der Waals surface area contributed by atoms with Gasteiger partial charge in [0.1, 0.15) is 5.75 Å². The molecule has 0 fully saturated rings. The topological polar surface area (TPSA) is 9.23 Å². The van der Waals surface area contributed by atoms with E-state index in [-0.39, 0.29) is 0 Å². The van der Waals surface area contributed by atoms with E-state index in [0.717, 1.165) is 12.2 Å². The molecule has 2 rings (SSSR count). The Balaban J connectivity index is 2.55. The number of ether oxygens (including phenoxy) is 1. The number of hydrogen-bond donors (Lipinski definition) is 0. The Hall–Kier alpha value is -0.0200. The van der Waals surface area contributed by atoms with Gasteiger partial charge in [-0.3, -0.25) is 0 Å². The molecule has 0 amide bonds. The standard InChI is InChI=1S/C9H8Br2O/c1-12-8-3-2-6(10)5-4-7(11)9(5)8/h2-3,7H,4H2,1H3. The van der Waals surface area contributed by atoms with Crippen LogP contribution in [0.2, 0.25) is 0 Å². The Morgan fingerprint density at radius 1 is 1.50 bits per heavy atom. The van der Waals surface area contributed by atoms with Crippen LogP contribution in [-0.4, -0.2) is 7.11 Å².